The van der Waals surface area contributed by atoms with Crippen LogP contribution in [0.1, 0.15) is 33.1 Å². The summed E-state index contributed by atoms with van der Waals surface area (Å²) in [6, 6.07) is 9.12. The zero-order chi connectivity index (χ0) is 15.0. The van der Waals surface area contributed by atoms with Crippen LogP contribution in [-0.2, 0) is 0 Å². The van der Waals surface area contributed by atoms with Gasteiger partial charge in [0.1, 0.15) is 11.4 Å². The molecule has 1 atom stereocenters. The van der Waals surface area contributed by atoms with E-state index in [0.717, 1.165) is 32.4 Å². The molecule has 1 unspecified atom stereocenters. The summed E-state index contributed by atoms with van der Waals surface area (Å²) in [6.07, 6.45) is 2.69. The van der Waals surface area contributed by atoms with E-state index in [1.165, 1.54) is 6.07 Å². The molecule has 0 radical (unpaired) electrons. The Morgan fingerprint density at radius 1 is 1.35 bits per heavy atom. The van der Waals surface area contributed by atoms with Crippen molar-refractivity contribution in [2.75, 3.05) is 25.0 Å². The molecule has 0 aliphatic rings. The SMILES string of the molecule is CCNC(C)(C#N)CCCCN(C)c1ccccc1F. The lowest BCUT2D eigenvalue weighted by atomic mass is 9.96. The molecule has 1 rings (SSSR count). The Kier molecular flexibility index (Phi) is 6.47. The molecule has 4 heteroatoms. The molecule has 20 heavy (non-hydrogen) atoms. The standard InChI is InChI=1S/C16H24FN3/c1-4-19-16(2,13-18)11-7-8-12-20(3)15-10-6-5-9-14(15)17/h5-6,9-10,19H,4,7-8,11-12H2,1-3H3. The van der Waals surface area contributed by atoms with Crippen LogP contribution in [0.3, 0.4) is 0 Å². The fourth-order valence-electron chi connectivity index (χ4n) is 2.28. The van der Waals surface area contributed by atoms with Crippen molar-refractivity contribution in [1.29, 1.82) is 5.26 Å². The van der Waals surface area contributed by atoms with Gasteiger partial charge in [0, 0.05) is 13.6 Å². The molecule has 0 fully saturated rings. The van der Waals surface area contributed by atoms with Crippen LogP contribution in [-0.4, -0.2) is 25.7 Å². The summed E-state index contributed by atoms with van der Waals surface area (Å²) in [5.74, 6) is -0.190. The van der Waals surface area contributed by atoms with Crippen molar-refractivity contribution in [2.24, 2.45) is 0 Å². The summed E-state index contributed by atoms with van der Waals surface area (Å²) < 4.78 is 13.6. The first-order valence-corrected chi connectivity index (χ1v) is 7.14. The Labute approximate surface area is 121 Å². The molecule has 0 aromatic heterocycles. The Balaban J connectivity index is 2.38. The highest BCUT2D eigenvalue weighted by Crippen LogP contribution is 2.18. The molecular formula is C16H24FN3. The second-order valence-corrected chi connectivity index (χ2v) is 5.30. The van der Waals surface area contributed by atoms with Crippen molar-refractivity contribution in [3.63, 3.8) is 0 Å². The predicted octanol–water partition coefficient (Wildman–Crippen LogP) is 3.32. The quantitative estimate of drug-likeness (QED) is 0.741. The molecule has 0 bridgehead atoms. The first kappa shape index (κ1) is 16.5. The maximum Gasteiger partial charge on any atom is 0.146 e. The molecule has 0 saturated carbocycles. The number of rotatable bonds is 8. The third-order valence-corrected chi connectivity index (χ3v) is 3.50. The van der Waals surface area contributed by atoms with E-state index in [1.807, 2.05) is 31.9 Å². The van der Waals surface area contributed by atoms with E-state index in [0.29, 0.717) is 5.69 Å². The van der Waals surface area contributed by atoms with Gasteiger partial charge in [0.05, 0.1) is 11.8 Å². The van der Waals surface area contributed by atoms with Crippen LogP contribution in [0.2, 0.25) is 0 Å². The van der Waals surface area contributed by atoms with E-state index >= 15 is 0 Å². The summed E-state index contributed by atoms with van der Waals surface area (Å²) in [6.45, 7) is 5.51. The monoisotopic (exact) mass is 277 g/mol. The number of nitriles is 1. The first-order chi connectivity index (χ1) is 9.52. The predicted molar refractivity (Wildman–Crippen MR) is 81.2 cm³/mol. The van der Waals surface area contributed by atoms with Gasteiger partial charge in [-0.1, -0.05) is 19.1 Å². The average Bonchev–Trinajstić information content (AvgIpc) is 2.44. The van der Waals surface area contributed by atoms with Crippen molar-refractivity contribution in [3.05, 3.63) is 30.1 Å². The van der Waals surface area contributed by atoms with E-state index in [4.69, 9.17) is 5.26 Å². The molecule has 0 amide bonds. The molecule has 0 heterocycles. The number of hydrogen-bond acceptors (Lipinski definition) is 3. The highest BCUT2D eigenvalue weighted by Gasteiger charge is 2.21. The van der Waals surface area contributed by atoms with Crippen LogP contribution in [0.5, 0.6) is 0 Å². The van der Waals surface area contributed by atoms with E-state index in [2.05, 4.69) is 11.4 Å². The average molecular weight is 277 g/mol. The minimum absolute atomic E-state index is 0.190. The fraction of sp³-hybridized carbons (Fsp3) is 0.562. The summed E-state index contributed by atoms with van der Waals surface area (Å²) in [7, 11) is 1.90. The molecule has 0 spiro atoms. The number of para-hydroxylation sites is 1. The number of hydrogen-bond donors (Lipinski definition) is 1. The molecule has 0 aliphatic heterocycles. The lowest BCUT2D eigenvalue weighted by Gasteiger charge is -2.24. The lowest BCUT2D eigenvalue weighted by Crippen LogP contribution is -2.40. The second kappa shape index (κ2) is 7.86. The highest BCUT2D eigenvalue weighted by atomic mass is 19.1. The zero-order valence-electron chi connectivity index (χ0n) is 12.6. The number of nitrogens with zero attached hydrogens (tertiary/aromatic N) is 2. The molecule has 3 nitrogen and oxygen atoms in total. The van der Waals surface area contributed by atoms with Gasteiger partial charge >= 0.3 is 0 Å². The van der Waals surface area contributed by atoms with Crippen LogP contribution in [0.4, 0.5) is 10.1 Å². The lowest BCUT2D eigenvalue weighted by molar-refractivity contribution is 0.412. The summed E-state index contributed by atoms with van der Waals surface area (Å²) in [5, 5.41) is 12.4. The van der Waals surface area contributed by atoms with Crippen LogP contribution in [0.25, 0.3) is 0 Å². The fourth-order valence-corrected chi connectivity index (χ4v) is 2.28. The normalized spacial score (nSPS) is 13.6. The van der Waals surface area contributed by atoms with Crippen LogP contribution >= 0.6 is 0 Å². The van der Waals surface area contributed by atoms with Gasteiger partial charge in [-0.2, -0.15) is 5.26 Å². The van der Waals surface area contributed by atoms with Crippen molar-refractivity contribution >= 4 is 5.69 Å². The number of anilines is 1. The number of benzene rings is 1. The number of nitrogens with one attached hydrogen (secondary N) is 1. The first-order valence-electron chi connectivity index (χ1n) is 7.14. The summed E-state index contributed by atoms with van der Waals surface area (Å²) in [4.78, 5) is 1.92. The third kappa shape index (κ3) is 4.82. The molecule has 0 aliphatic carbocycles. The Bertz CT molecular complexity index is 455. The summed E-state index contributed by atoms with van der Waals surface area (Å²) in [5.41, 5.74) is 0.174. The van der Waals surface area contributed by atoms with E-state index in [9.17, 15) is 4.39 Å². The summed E-state index contributed by atoms with van der Waals surface area (Å²) >= 11 is 0. The van der Waals surface area contributed by atoms with Gasteiger partial charge in [-0.3, -0.25) is 5.32 Å². The van der Waals surface area contributed by atoms with E-state index in [1.54, 1.807) is 12.1 Å². The second-order valence-electron chi connectivity index (χ2n) is 5.30. The minimum atomic E-state index is -0.453. The van der Waals surface area contributed by atoms with Gasteiger partial charge < -0.3 is 4.90 Å². The van der Waals surface area contributed by atoms with Gasteiger partial charge in [-0.15, -0.1) is 0 Å². The molecular weight excluding hydrogens is 253 g/mol. The van der Waals surface area contributed by atoms with Gasteiger partial charge in [-0.05, 0) is 44.9 Å². The molecule has 0 saturated heterocycles. The minimum Gasteiger partial charge on any atom is -0.372 e. The zero-order valence-corrected chi connectivity index (χ0v) is 12.6. The van der Waals surface area contributed by atoms with Gasteiger partial charge in [0.2, 0.25) is 0 Å². The Morgan fingerprint density at radius 2 is 2.05 bits per heavy atom. The Hall–Kier alpha value is -1.60. The maximum absolute atomic E-state index is 13.6. The van der Waals surface area contributed by atoms with Gasteiger partial charge in [0.15, 0.2) is 0 Å². The largest absolute Gasteiger partial charge is 0.372 e. The smallest absolute Gasteiger partial charge is 0.146 e. The molecule has 110 valence electrons. The third-order valence-electron chi connectivity index (χ3n) is 3.50. The van der Waals surface area contributed by atoms with Crippen molar-refractivity contribution < 1.29 is 4.39 Å². The van der Waals surface area contributed by atoms with E-state index < -0.39 is 5.54 Å². The Morgan fingerprint density at radius 3 is 2.65 bits per heavy atom. The maximum atomic E-state index is 13.6. The van der Waals surface area contributed by atoms with Crippen LogP contribution in [0, 0.1) is 17.1 Å². The van der Waals surface area contributed by atoms with Crippen molar-refractivity contribution in [3.8, 4) is 6.07 Å². The molecule has 1 aromatic carbocycles. The van der Waals surface area contributed by atoms with Crippen LogP contribution < -0.4 is 10.2 Å². The molecule has 1 aromatic rings. The number of halogens is 1. The van der Waals surface area contributed by atoms with E-state index in [-0.39, 0.29) is 5.82 Å². The molecule has 1 N–H and O–H groups in total. The van der Waals surface area contributed by atoms with Crippen molar-refractivity contribution in [1.82, 2.24) is 5.32 Å². The topological polar surface area (TPSA) is 39.1 Å². The van der Waals surface area contributed by atoms with Crippen molar-refractivity contribution in [2.45, 2.75) is 38.6 Å². The number of unbranched alkanes of at least 4 members (excludes halogenated alkanes) is 1. The van der Waals surface area contributed by atoms with Crippen LogP contribution in [0.15, 0.2) is 24.3 Å². The van der Waals surface area contributed by atoms with Gasteiger partial charge in [0.25, 0.3) is 0 Å². The van der Waals surface area contributed by atoms with Gasteiger partial charge in [-0.25, -0.2) is 4.39 Å². The highest BCUT2D eigenvalue weighted by molar-refractivity contribution is 5.46.